The van der Waals surface area contributed by atoms with Crippen LogP contribution in [-0.4, -0.2) is 0 Å². The summed E-state index contributed by atoms with van der Waals surface area (Å²) in [6.07, 6.45) is -2.85. The first-order chi connectivity index (χ1) is 7.39. The molecule has 5 heteroatoms. The fourth-order valence-electron chi connectivity index (χ4n) is 1.78. The van der Waals surface area contributed by atoms with Gasteiger partial charge in [-0.15, -0.1) is 0 Å². The summed E-state index contributed by atoms with van der Waals surface area (Å²) >= 11 is 0. The summed E-state index contributed by atoms with van der Waals surface area (Å²) in [7, 11) is 0. The van der Waals surface area contributed by atoms with Gasteiger partial charge >= 0.3 is 6.18 Å². The highest BCUT2D eigenvalue weighted by Crippen LogP contribution is 2.43. The first-order valence-corrected chi connectivity index (χ1v) is 5.02. The van der Waals surface area contributed by atoms with Gasteiger partial charge in [-0.1, -0.05) is 0 Å². The summed E-state index contributed by atoms with van der Waals surface area (Å²) in [6.45, 7) is 0. The van der Waals surface area contributed by atoms with E-state index in [2.05, 4.69) is 0 Å². The largest absolute Gasteiger partial charge is 0.416 e. The number of hydrogen-bond donors (Lipinski definition) is 1. The summed E-state index contributed by atoms with van der Waals surface area (Å²) in [5.41, 5.74) is 4.74. The van der Waals surface area contributed by atoms with Crippen LogP contribution in [0.5, 0.6) is 0 Å². The Kier molecular flexibility index (Phi) is 2.66. The van der Waals surface area contributed by atoms with Gasteiger partial charge in [0.15, 0.2) is 0 Å². The molecule has 2 rings (SSSR count). The monoisotopic (exact) mass is 233 g/mol. The third-order valence-corrected chi connectivity index (χ3v) is 2.81. The fourth-order valence-corrected chi connectivity index (χ4v) is 1.78. The van der Waals surface area contributed by atoms with Crippen LogP contribution in [0.4, 0.5) is 17.6 Å². The zero-order valence-electron chi connectivity index (χ0n) is 8.39. The second kappa shape index (κ2) is 3.73. The third kappa shape index (κ3) is 2.19. The molecule has 1 atom stereocenters. The molecule has 1 nitrogen and oxygen atoms in total. The minimum absolute atomic E-state index is 0.0582. The third-order valence-electron chi connectivity index (χ3n) is 2.81. The number of halogens is 4. The molecule has 0 aliphatic heterocycles. The molecule has 1 fully saturated rings. The highest BCUT2D eigenvalue weighted by Gasteiger charge is 2.38. The number of hydrogen-bond acceptors (Lipinski definition) is 1. The van der Waals surface area contributed by atoms with E-state index < -0.39 is 23.6 Å². The predicted molar refractivity (Wildman–Crippen MR) is 51.1 cm³/mol. The molecule has 1 aromatic rings. The van der Waals surface area contributed by atoms with E-state index in [1.165, 1.54) is 0 Å². The molecule has 2 N–H and O–H groups in total. The van der Waals surface area contributed by atoms with Gasteiger partial charge < -0.3 is 5.73 Å². The van der Waals surface area contributed by atoms with Crippen LogP contribution in [0.15, 0.2) is 18.2 Å². The number of rotatable bonds is 2. The lowest BCUT2D eigenvalue weighted by Gasteiger charge is -2.17. The molecule has 0 radical (unpaired) electrons. The van der Waals surface area contributed by atoms with Gasteiger partial charge in [-0.3, -0.25) is 0 Å². The lowest BCUT2D eigenvalue weighted by atomic mass is 9.97. The molecule has 1 aromatic carbocycles. The molecule has 0 amide bonds. The Morgan fingerprint density at radius 2 is 1.88 bits per heavy atom. The van der Waals surface area contributed by atoms with E-state index in [9.17, 15) is 17.6 Å². The molecule has 16 heavy (non-hydrogen) atoms. The average Bonchev–Trinajstić information content (AvgIpc) is 2.97. The molecule has 1 aliphatic carbocycles. The van der Waals surface area contributed by atoms with E-state index in [0.29, 0.717) is 0 Å². The molecule has 0 spiro atoms. The van der Waals surface area contributed by atoms with Crippen LogP contribution in [-0.2, 0) is 6.18 Å². The van der Waals surface area contributed by atoms with E-state index >= 15 is 0 Å². The molecule has 0 aromatic heterocycles. The Bertz CT molecular complexity index is 395. The number of nitrogens with two attached hydrogens (primary N) is 1. The zero-order valence-corrected chi connectivity index (χ0v) is 8.39. The Morgan fingerprint density at radius 1 is 1.25 bits per heavy atom. The van der Waals surface area contributed by atoms with Crippen molar-refractivity contribution in [2.24, 2.45) is 11.7 Å². The summed E-state index contributed by atoms with van der Waals surface area (Å²) < 4.78 is 50.9. The van der Waals surface area contributed by atoms with Crippen LogP contribution < -0.4 is 5.73 Å². The SMILES string of the molecule is N[C@@H](c1cc(F)ccc1C(F)(F)F)C1CC1. The summed E-state index contributed by atoms with van der Waals surface area (Å²) in [5, 5.41) is 0. The highest BCUT2D eigenvalue weighted by atomic mass is 19.4. The van der Waals surface area contributed by atoms with E-state index in [1.807, 2.05) is 0 Å². The van der Waals surface area contributed by atoms with E-state index in [1.54, 1.807) is 0 Å². The van der Waals surface area contributed by atoms with Gasteiger partial charge in [0, 0.05) is 6.04 Å². The van der Waals surface area contributed by atoms with Crippen molar-refractivity contribution in [1.82, 2.24) is 0 Å². The second-order valence-corrected chi connectivity index (χ2v) is 4.09. The Morgan fingerprint density at radius 3 is 2.38 bits per heavy atom. The number of alkyl halides is 3. The van der Waals surface area contributed by atoms with Crippen LogP contribution in [0.25, 0.3) is 0 Å². The van der Waals surface area contributed by atoms with Gasteiger partial charge in [0.25, 0.3) is 0 Å². The quantitative estimate of drug-likeness (QED) is 0.779. The molecule has 0 heterocycles. The molecule has 1 saturated carbocycles. The van der Waals surface area contributed by atoms with Crippen molar-refractivity contribution >= 4 is 0 Å². The van der Waals surface area contributed by atoms with Crippen molar-refractivity contribution in [2.45, 2.75) is 25.1 Å². The normalized spacial score (nSPS) is 18.6. The smallest absolute Gasteiger partial charge is 0.324 e. The lowest BCUT2D eigenvalue weighted by molar-refractivity contribution is -0.138. The van der Waals surface area contributed by atoms with Gasteiger partial charge in [0.2, 0.25) is 0 Å². The predicted octanol–water partition coefficient (Wildman–Crippen LogP) is 3.25. The van der Waals surface area contributed by atoms with Crippen molar-refractivity contribution in [3.8, 4) is 0 Å². The first-order valence-electron chi connectivity index (χ1n) is 5.02. The lowest BCUT2D eigenvalue weighted by Crippen LogP contribution is -2.19. The van der Waals surface area contributed by atoms with Crippen LogP contribution in [0.2, 0.25) is 0 Å². The Labute approximate surface area is 90.3 Å². The molecule has 1 aliphatic rings. The van der Waals surface area contributed by atoms with E-state index in [-0.39, 0.29) is 11.5 Å². The summed E-state index contributed by atoms with van der Waals surface area (Å²) in [4.78, 5) is 0. The van der Waals surface area contributed by atoms with Gasteiger partial charge in [-0.05, 0) is 42.5 Å². The van der Waals surface area contributed by atoms with Gasteiger partial charge in [-0.25, -0.2) is 4.39 Å². The molecular weight excluding hydrogens is 222 g/mol. The van der Waals surface area contributed by atoms with Crippen LogP contribution in [0.1, 0.15) is 30.0 Å². The van der Waals surface area contributed by atoms with Crippen molar-refractivity contribution < 1.29 is 17.6 Å². The van der Waals surface area contributed by atoms with Gasteiger partial charge in [0.1, 0.15) is 5.82 Å². The molecule has 88 valence electrons. The molecular formula is C11H11F4N. The highest BCUT2D eigenvalue weighted by molar-refractivity contribution is 5.33. The van der Waals surface area contributed by atoms with Crippen LogP contribution in [0, 0.1) is 11.7 Å². The maximum Gasteiger partial charge on any atom is 0.416 e. The minimum Gasteiger partial charge on any atom is -0.324 e. The van der Waals surface area contributed by atoms with Crippen molar-refractivity contribution in [1.29, 1.82) is 0 Å². The second-order valence-electron chi connectivity index (χ2n) is 4.09. The van der Waals surface area contributed by atoms with E-state index in [4.69, 9.17) is 5.73 Å². The fraction of sp³-hybridized carbons (Fsp3) is 0.455. The van der Waals surface area contributed by atoms with Crippen molar-refractivity contribution in [2.75, 3.05) is 0 Å². The molecule has 0 unspecified atom stereocenters. The molecule has 0 bridgehead atoms. The Hall–Kier alpha value is -1.10. The zero-order chi connectivity index (χ0) is 11.9. The maximum atomic E-state index is 13.0. The minimum atomic E-state index is -4.48. The molecule has 0 saturated heterocycles. The van der Waals surface area contributed by atoms with Gasteiger partial charge in [-0.2, -0.15) is 13.2 Å². The van der Waals surface area contributed by atoms with Crippen LogP contribution >= 0.6 is 0 Å². The van der Waals surface area contributed by atoms with Crippen molar-refractivity contribution in [3.63, 3.8) is 0 Å². The van der Waals surface area contributed by atoms with Crippen molar-refractivity contribution in [3.05, 3.63) is 35.1 Å². The van der Waals surface area contributed by atoms with E-state index in [0.717, 1.165) is 31.0 Å². The standard InChI is InChI=1S/C11H11F4N/c12-7-3-4-9(11(13,14)15)8(5-7)10(16)6-1-2-6/h3-6,10H,1-2,16H2/t10-/m1/s1. The number of benzene rings is 1. The Balaban J connectivity index is 2.43. The summed E-state index contributed by atoms with van der Waals surface area (Å²) in [5.74, 6) is -0.623. The van der Waals surface area contributed by atoms with Gasteiger partial charge in [0.05, 0.1) is 5.56 Å². The first kappa shape index (κ1) is 11.4. The maximum absolute atomic E-state index is 13.0. The van der Waals surface area contributed by atoms with Crippen LogP contribution in [0.3, 0.4) is 0 Å². The topological polar surface area (TPSA) is 26.0 Å². The summed E-state index contributed by atoms with van der Waals surface area (Å²) in [6, 6.07) is 1.75. The average molecular weight is 233 g/mol.